The lowest BCUT2D eigenvalue weighted by Crippen LogP contribution is -1.97. The highest BCUT2D eigenvalue weighted by Crippen LogP contribution is 2.30. The molecule has 3 nitrogen and oxygen atoms in total. The lowest BCUT2D eigenvalue weighted by atomic mass is 10.2. The zero-order valence-electron chi connectivity index (χ0n) is 10.6. The van der Waals surface area contributed by atoms with Crippen molar-refractivity contribution in [3.63, 3.8) is 0 Å². The number of halogens is 1. The quantitative estimate of drug-likeness (QED) is 0.770. The third-order valence-electron chi connectivity index (χ3n) is 2.84. The molecule has 0 fully saturated rings. The van der Waals surface area contributed by atoms with Gasteiger partial charge in [-0.05, 0) is 25.1 Å². The number of fused-ring (bicyclic) bond motifs is 1. The number of nitrogens with zero attached hydrogens (tertiary/aromatic N) is 2. The molecular formula is C14H12FN3S. The largest absolute Gasteiger partial charge is 0.372 e. The number of hydrogen-bond acceptors (Lipinski definition) is 4. The van der Waals surface area contributed by atoms with Crippen molar-refractivity contribution in [2.24, 2.45) is 0 Å². The van der Waals surface area contributed by atoms with Gasteiger partial charge < -0.3 is 5.32 Å². The summed E-state index contributed by atoms with van der Waals surface area (Å²) in [6.45, 7) is 2.04. The van der Waals surface area contributed by atoms with Crippen LogP contribution in [-0.4, -0.2) is 17.0 Å². The van der Waals surface area contributed by atoms with Gasteiger partial charge in [0, 0.05) is 17.5 Å². The smallest absolute Gasteiger partial charge is 0.163 e. The van der Waals surface area contributed by atoms with Gasteiger partial charge in [0.05, 0.1) is 5.39 Å². The maximum Gasteiger partial charge on any atom is 0.163 e. The molecule has 0 bridgehead atoms. The fraction of sp³-hybridized carbons (Fsp3) is 0.143. The Morgan fingerprint density at radius 2 is 2.05 bits per heavy atom. The van der Waals surface area contributed by atoms with E-state index in [1.54, 1.807) is 17.4 Å². The molecule has 19 heavy (non-hydrogen) atoms. The molecule has 0 aliphatic rings. The van der Waals surface area contributed by atoms with E-state index in [9.17, 15) is 4.39 Å². The topological polar surface area (TPSA) is 37.8 Å². The number of rotatable bonds is 2. The summed E-state index contributed by atoms with van der Waals surface area (Å²) in [6.07, 6.45) is 0. The molecule has 2 heterocycles. The minimum absolute atomic E-state index is 0.283. The van der Waals surface area contributed by atoms with Gasteiger partial charge in [-0.1, -0.05) is 12.1 Å². The molecule has 1 aromatic carbocycles. The average molecular weight is 273 g/mol. The lowest BCUT2D eigenvalue weighted by Gasteiger charge is -2.05. The number of nitrogens with one attached hydrogen (secondary N) is 1. The highest BCUT2D eigenvalue weighted by Gasteiger charge is 2.11. The van der Waals surface area contributed by atoms with Gasteiger partial charge in [0.2, 0.25) is 0 Å². The Labute approximate surface area is 114 Å². The first-order chi connectivity index (χ1) is 9.17. The van der Waals surface area contributed by atoms with Gasteiger partial charge in [0.1, 0.15) is 16.5 Å². The molecule has 0 atom stereocenters. The van der Waals surface area contributed by atoms with E-state index in [4.69, 9.17) is 0 Å². The van der Waals surface area contributed by atoms with Gasteiger partial charge in [-0.25, -0.2) is 14.4 Å². The van der Waals surface area contributed by atoms with Crippen molar-refractivity contribution < 1.29 is 4.39 Å². The molecule has 0 radical (unpaired) electrons. The first-order valence-electron chi connectivity index (χ1n) is 5.89. The lowest BCUT2D eigenvalue weighted by molar-refractivity contribution is 0.628. The van der Waals surface area contributed by atoms with Crippen LogP contribution in [0.1, 0.15) is 4.88 Å². The Morgan fingerprint density at radius 1 is 1.21 bits per heavy atom. The van der Waals surface area contributed by atoms with Gasteiger partial charge >= 0.3 is 0 Å². The van der Waals surface area contributed by atoms with Crippen LogP contribution < -0.4 is 5.32 Å². The SMILES string of the molecule is CNc1nc(-c2cccc(F)c2)nc2sc(C)cc12. The number of hydrogen-bond donors (Lipinski definition) is 1. The highest BCUT2D eigenvalue weighted by molar-refractivity contribution is 7.18. The monoisotopic (exact) mass is 273 g/mol. The number of thiophene rings is 1. The van der Waals surface area contributed by atoms with Gasteiger partial charge in [-0.3, -0.25) is 0 Å². The summed E-state index contributed by atoms with van der Waals surface area (Å²) in [5.41, 5.74) is 0.685. The molecule has 0 amide bonds. The summed E-state index contributed by atoms with van der Waals surface area (Å²) in [7, 11) is 1.82. The Hall–Kier alpha value is -2.01. The number of aromatic nitrogens is 2. The molecule has 3 aromatic rings. The summed E-state index contributed by atoms with van der Waals surface area (Å²) in [4.78, 5) is 11.1. The van der Waals surface area contributed by atoms with E-state index >= 15 is 0 Å². The summed E-state index contributed by atoms with van der Waals surface area (Å²) in [5, 5.41) is 4.07. The first-order valence-corrected chi connectivity index (χ1v) is 6.71. The van der Waals surface area contributed by atoms with Crippen LogP contribution in [-0.2, 0) is 0 Å². The minimum Gasteiger partial charge on any atom is -0.372 e. The van der Waals surface area contributed by atoms with Crippen molar-refractivity contribution in [2.75, 3.05) is 12.4 Å². The van der Waals surface area contributed by atoms with E-state index < -0.39 is 0 Å². The van der Waals surface area contributed by atoms with Crippen LogP contribution in [0.5, 0.6) is 0 Å². The standard InChI is InChI=1S/C14H12FN3S/c1-8-6-11-13(16-2)17-12(18-14(11)19-8)9-4-3-5-10(15)7-9/h3-7H,1-2H3,(H,16,17,18). The van der Waals surface area contributed by atoms with E-state index in [-0.39, 0.29) is 5.82 Å². The Kier molecular flexibility index (Phi) is 2.91. The highest BCUT2D eigenvalue weighted by atomic mass is 32.1. The molecule has 0 aliphatic carbocycles. The fourth-order valence-corrected chi connectivity index (χ4v) is 2.87. The molecule has 5 heteroatoms. The van der Waals surface area contributed by atoms with E-state index in [1.165, 1.54) is 17.0 Å². The second kappa shape index (κ2) is 4.59. The molecule has 1 N–H and O–H groups in total. The van der Waals surface area contributed by atoms with Crippen LogP contribution in [0.25, 0.3) is 21.6 Å². The maximum absolute atomic E-state index is 13.3. The fourth-order valence-electron chi connectivity index (χ4n) is 1.99. The van der Waals surface area contributed by atoms with Gasteiger partial charge in [-0.15, -0.1) is 11.3 Å². The Bertz CT molecular complexity index is 752. The van der Waals surface area contributed by atoms with Crippen molar-refractivity contribution in [2.45, 2.75) is 6.92 Å². The summed E-state index contributed by atoms with van der Waals surface area (Å²) in [6, 6.07) is 8.39. The van der Waals surface area contributed by atoms with E-state index in [0.29, 0.717) is 11.4 Å². The second-order valence-electron chi connectivity index (χ2n) is 4.23. The molecule has 96 valence electrons. The number of benzene rings is 1. The molecule has 0 saturated heterocycles. The molecule has 2 aromatic heterocycles. The van der Waals surface area contributed by atoms with Crippen molar-refractivity contribution >= 4 is 27.4 Å². The third-order valence-corrected chi connectivity index (χ3v) is 3.78. The van der Waals surface area contributed by atoms with Gasteiger partial charge in [0.25, 0.3) is 0 Å². The van der Waals surface area contributed by atoms with Crippen LogP contribution in [0.15, 0.2) is 30.3 Å². The van der Waals surface area contributed by atoms with Crippen LogP contribution in [0.2, 0.25) is 0 Å². The van der Waals surface area contributed by atoms with Crippen LogP contribution >= 0.6 is 11.3 Å². The van der Waals surface area contributed by atoms with Crippen molar-refractivity contribution in [3.8, 4) is 11.4 Å². The zero-order valence-corrected chi connectivity index (χ0v) is 11.4. The minimum atomic E-state index is -0.283. The molecule has 0 aliphatic heterocycles. The molecule has 3 rings (SSSR count). The summed E-state index contributed by atoms with van der Waals surface area (Å²) in [5.74, 6) is 1.03. The molecule has 0 spiro atoms. The first kappa shape index (κ1) is 12.0. The average Bonchev–Trinajstić information content (AvgIpc) is 2.77. The third kappa shape index (κ3) is 2.17. The van der Waals surface area contributed by atoms with Gasteiger partial charge in [0.15, 0.2) is 5.82 Å². The summed E-state index contributed by atoms with van der Waals surface area (Å²) >= 11 is 1.61. The van der Waals surface area contributed by atoms with E-state index in [1.807, 2.05) is 20.0 Å². The van der Waals surface area contributed by atoms with E-state index in [0.717, 1.165) is 16.0 Å². The Balaban J connectivity index is 2.24. The van der Waals surface area contributed by atoms with E-state index in [2.05, 4.69) is 21.4 Å². The second-order valence-corrected chi connectivity index (χ2v) is 5.47. The van der Waals surface area contributed by atoms with Crippen molar-refractivity contribution in [1.29, 1.82) is 0 Å². The maximum atomic E-state index is 13.3. The van der Waals surface area contributed by atoms with Gasteiger partial charge in [-0.2, -0.15) is 0 Å². The van der Waals surface area contributed by atoms with Crippen molar-refractivity contribution in [1.82, 2.24) is 9.97 Å². The van der Waals surface area contributed by atoms with Crippen LogP contribution in [0, 0.1) is 12.7 Å². The number of anilines is 1. The predicted octanol–water partition coefficient (Wildman–Crippen LogP) is 3.85. The van der Waals surface area contributed by atoms with Crippen LogP contribution in [0.4, 0.5) is 10.2 Å². The molecular weight excluding hydrogens is 261 g/mol. The molecule has 0 unspecified atom stereocenters. The Morgan fingerprint density at radius 3 is 2.79 bits per heavy atom. The van der Waals surface area contributed by atoms with Crippen molar-refractivity contribution in [3.05, 3.63) is 41.0 Å². The number of aryl methyl sites for hydroxylation is 1. The normalized spacial score (nSPS) is 10.9. The zero-order chi connectivity index (χ0) is 13.4. The van der Waals surface area contributed by atoms with Crippen LogP contribution in [0.3, 0.4) is 0 Å². The predicted molar refractivity (Wildman–Crippen MR) is 77.1 cm³/mol. The summed E-state index contributed by atoms with van der Waals surface area (Å²) < 4.78 is 13.3. The molecule has 0 saturated carbocycles.